The second-order valence-electron chi connectivity index (χ2n) is 7.44. The minimum atomic E-state index is 0.498. The molecule has 0 spiro atoms. The lowest BCUT2D eigenvalue weighted by Gasteiger charge is -2.25. The monoisotopic (exact) mass is 460 g/mol. The van der Waals surface area contributed by atoms with Crippen LogP contribution in [0.25, 0.3) is 0 Å². The van der Waals surface area contributed by atoms with E-state index in [4.69, 9.17) is 25.8 Å². The zero-order valence-corrected chi connectivity index (χ0v) is 19.3. The second-order valence-corrected chi connectivity index (χ2v) is 7.85. The highest BCUT2D eigenvalue weighted by Crippen LogP contribution is 2.32. The fraction of sp³-hybridized carbons (Fsp3) is 0.148. The van der Waals surface area contributed by atoms with Crippen LogP contribution in [0.2, 0.25) is 5.02 Å². The van der Waals surface area contributed by atoms with Crippen molar-refractivity contribution in [2.75, 3.05) is 19.1 Å². The molecule has 0 unspecified atom stereocenters. The molecule has 0 saturated carbocycles. The number of para-hydroxylation sites is 1. The Kier molecular flexibility index (Phi) is 7.33. The number of rotatable bonds is 9. The number of halogens is 1. The largest absolute Gasteiger partial charge is 0.497 e. The fourth-order valence-corrected chi connectivity index (χ4v) is 3.58. The summed E-state index contributed by atoms with van der Waals surface area (Å²) in [5.41, 5.74) is 2.26. The molecule has 0 atom stereocenters. The molecule has 6 heteroatoms. The number of benzene rings is 3. The first kappa shape index (κ1) is 22.5. The summed E-state index contributed by atoms with van der Waals surface area (Å²) >= 11 is 6.58. The van der Waals surface area contributed by atoms with Gasteiger partial charge in [0.05, 0.1) is 25.4 Å². The van der Waals surface area contributed by atoms with E-state index in [1.165, 1.54) is 0 Å². The van der Waals surface area contributed by atoms with Crippen LogP contribution in [-0.4, -0.2) is 19.2 Å². The second kappa shape index (κ2) is 10.7. The average molecular weight is 461 g/mol. The van der Waals surface area contributed by atoms with Crippen LogP contribution in [0.5, 0.6) is 23.0 Å². The molecule has 0 aliphatic rings. The van der Waals surface area contributed by atoms with Gasteiger partial charge in [0.25, 0.3) is 0 Å². The zero-order chi connectivity index (χ0) is 23.0. The van der Waals surface area contributed by atoms with Gasteiger partial charge in [-0.2, -0.15) is 0 Å². The lowest BCUT2D eigenvalue weighted by molar-refractivity contribution is 0.414. The molecule has 0 radical (unpaired) electrons. The number of aromatic nitrogens is 1. The Labute approximate surface area is 199 Å². The fourth-order valence-electron chi connectivity index (χ4n) is 3.39. The topological polar surface area (TPSA) is 43.8 Å². The Balaban J connectivity index is 1.59. The molecule has 5 nitrogen and oxygen atoms in total. The Morgan fingerprint density at radius 3 is 1.76 bits per heavy atom. The number of hydrogen-bond donors (Lipinski definition) is 0. The van der Waals surface area contributed by atoms with E-state index < -0.39 is 0 Å². The van der Waals surface area contributed by atoms with E-state index in [9.17, 15) is 0 Å². The minimum Gasteiger partial charge on any atom is -0.497 e. The molecule has 33 heavy (non-hydrogen) atoms. The Morgan fingerprint density at radius 1 is 0.727 bits per heavy atom. The van der Waals surface area contributed by atoms with Crippen LogP contribution < -0.4 is 19.1 Å². The van der Waals surface area contributed by atoms with Crippen molar-refractivity contribution in [1.82, 2.24) is 4.98 Å². The van der Waals surface area contributed by atoms with Crippen molar-refractivity contribution in [2.45, 2.75) is 13.1 Å². The molecule has 4 rings (SSSR count). The molecule has 0 aliphatic heterocycles. The maximum absolute atomic E-state index is 6.58. The number of anilines is 1. The first-order valence-corrected chi connectivity index (χ1v) is 10.9. The Morgan fingerprint density at radius 2 is 1.27 bits per heavy atom. The van der Waals surface area contributed by atoms with Crippen LogP contribution >= 0.6 is 11.6 Å². The molecule has 168 valence electrons. The Hall–Kier alpha value is -3.70. The van der Waals surface area contributed by atoms with E-state index in [-0.39, 0.29) is 0 Å². The molecule has 0 saturated heterocycles. The van der Waals surface area contributed by atoms with Crippen LogP contribution in [0, 0.1) is 0 Å². The molecular formula is C27H25ClN2O3. The first-order chi connectivity index (χ1) is 16.1. The highest BCUT2D eigenvalue weighted by Gasteiger charge is 2.14. The molecule has 1 heterocycles. The van der Waals surface area contributed by atoms with Gasteiger partial charge in [-0.3, -0.25) is 0 Å². The number of ether oxygens (including phenoxy) is 3. The van der Waals surface area contributed by atoms with Gasteiger partial charge in [-0.25, -0.2) is 4.98 Å². The highest BCUT2D eigenvalue weighted by molar-refractivity contribution is 6.32. The quantitative estimate of drug-likeness (QED) is 0.276. The molecule has 3 aromatic carbocycles. The molecule has 0 amide bonds. The van der Waals surface area contributed by atoms with Gasteiger partial charge in [0.2, 0.25) is 0 Å². The molecular weight excluding hydrogens is 436 g/mol. The molecule has 0 aliphatic carbocycles. The third-order valence-corrected chi connectivity index (χ3v) is 5.46. The minimum absolute atomic E-state index is 0.498. The maximum Gasteiger partial charge on any atom is 0.164 e. The van der Waals surface area contributed by atoms with E-state index in [1.54, 1.807) is 20.4 Å². The number of methoxy groups -OCH3 is 2. The third-order valence-electron chi connectivity index (χ3n) is 5.17. The maximum atomic E-state index is 6.58. The van der Waals surface area contributed by atoms with Gasteiger partial charge in [0, 0.05) is 19.2 Å². The number of nitrogens with zero attached hydrogens (tertiary/aromatic N) is 2. The Bertz CT molecular complexity index is 1120. The summed E-state index contributed by atoms with van der Waals surface area (Å²) in [7, 11) is 3.33. The predicted molar refractivity (Wildman–Crippen MR) is 132 cm³/mol. The van der Waals surface area contributed by atoms with E-state index in [0.717, 1.165) is 28.4 Å². The van der Waals surface area contributed by atoms with Crippen molar-refractivity contribution in [3.05, 3.63) is 107 Å². The zero-order valence-electron chi connectivity index (χ0n) is 18.6. The predicted octanol–water partition coefficient (Wildman–Crippen LogP) is 6.75. The molecule has 0 bridgehead atoms. The van der Waals surface area contributed by atoms with Crippen LogP contribution in [0.4, 0.5) is 5.82 Å². The normalized spacial score (nSPS) is 10.5. The van der Waals surface area contributed by atoms with Crippen molar-refractivity contribution in [3.63, 3.8) is 0 Å². The summed E-state index contributed by atoms with van der Waals surface area (Å²) in [6.45, 7) is 1.30. The summed E-state index contributed by atoms with van der Waals surface area (Å²) in [4.78, 5) is 6.83. The summed E-state index contributed by atoms with van der Waals surface area (Å²) < 4.78 is 16.5. The van der Waals surface area contributed by atoms with Gasteiger partial charge in [-0.1, -0.05) is 54.1 Å². The van der Waals surface area contributed by atoms with Crippen LogP contribution in [0.3, 0.4) is 0 Å². The van der Waals surface area contributed by atoms with Crippen molar-refractivity contribution in [1.29, 1.82) is 0 Å². The summed E-state index contributed by atoms with van der Waals surface area (Å²) in [6.07, 6.45) is 1.67. The molecule has 4 aromatic rings. The van der Waals surface area contributed by atoms with Gasteiger partial charge in [-0.15, -0.1) is 0 Å². The third kappa shape index (κ3) is 5.96. The smallest absolute Gasteiger partial charge is 0.164 e. The van der Waals surface area contributed by atoms with Gasteiger partial charge in [0.1, 0.15) is 23.1 Å². The average Bonchev–Trinajstić information content (AvgIpc) is 2.86. The number of hydrogen-bond acceptors (Lipinski definition) is 5. The van der Waals surface area contributed by atoms with Gasteiger partial charge in [0.15, 0.2) is 5.75 Å². The van der Waals surface area contributed by atoms with Crippen molar-refractivity contribution in [3.8, 4) is 23.0 Å². The molecule has 0 fully saturated rings. The van der Waals surface area contributed by atoms with Crippen LogP contribution in [-0.2, 0) is 13.1 Å². The van der Waals surface area contributed by atoms with E-state index in [0.29, 0.717) is 29.6 Å². The standard InChI is InChI=1S/C27H25ClN2O3/c1-31-22-12-8-20(9-13-22)18-30(19-21-10-14-23(32-2)15-11-21)27-16-25(28)26(17-29-27)33-24-6-4-3-5-7-24/h3-17H,18-19H2,1-2H3. The highest BCUT2D eigenvalue weighted by atomic mass is 35.5. The van der Waals surface area contributed by atoms with E-state index in [2.05, 4.69) is 9.88 Å². The van der Waals surface area contributed by atoms with Gasteiger partial charge in [-0.05, 0) is 47.5 Å². The van der Waals surface area contributed by atoms with E-state index >= 15 is 0 Å². The lowest BCUT2D eigenvalue weighted by Crippen LogP contribution is -2.23. The summed E-state index contributed by atoms with van der Waals surface area (Å²) in [5.74, 6) is 3.63. The van der Waals surface area contributed by atoms with Crippen LogP contribution in [0.1, 0.15) is 11.1 Å². The van der Waals surface area contributed by atoms with Crippen molar-refractivity contribution in [2.24, 2.45) is 0 Å². The molecule has 0 N–H and O–H groups in total. The van der Waals surface area contributed by atoms with E-state index in [1.807, 2.05) is 84.9 Å². The summed E-state index contributed by atoms with van der Waals surface area (Å²) in [5, 5.41) is 0.498. The lowest BCUT2D eigenvalue weighted by atomic mass is 10.1. The first-order valence-electron chi connectivity index (χ1n) is 10.5. The van der Waals surface area contributed by atoms with Crippen molar-refractivity contribution < 1.29 is 14.2 Å². The van der Waals surface area contributed by atoms with Gasteiger partial charge < -0.3 is 19.1 Å². The number of pyridine rings is 1. The van der Waals surface area contributed by atoms with Crippen LogP contribution in [0.15, 0.2) is 91.1 Å². The summed E-state index contributed by atoms with van der Waals surface area (Å²) in [6, 6.07) is 27.4. The van der Waals surface area contributed by atoms with Crippen molar-refractivity contribution >= 4 is 17.4 Å². The van der Waals surface area contributed by atoms with Gasteiger partial charge >= 0.3 is 0 Å². The molecule has 1 aromatic heterocycles. The SMILES string of the molecule is COc1ccc(CN(Cc2ccc(OC)cc2)c2cc(Cl)c(Oc3ccccc3)cn2)cc1.